The first kappa shape index (κ1) is 15.3. The molecule has 0 spiro atoms. The SMILES string of the molecule is CC(C)c1ccc(Nc2cc(C(F)(F)F)nc3ncnn23)cc1. The Bertz CT molecular complexity index is 821. The van der Waals surface area contributed by atoms with Gasteiger partial charge in [-0.15, -0.1) is 0 Å². The molecule has 8 heteroatoms. The molecule has 23 heavy (non-hydrogen) atoms. The van der Waals surface area contributed by atoms with Crippen LogP contribution in [-0.4, -0.2) is 19.6 Å². The molecule has 0 unspecified atom stereocenters. The fourth-order valence-corrected chi connectivity index (χ4v) is 2.15. The van der Waals surface area contributed by atoms with E-state index in [1.54, 1.807) is 0 Å². The highest BCUT2D eigenvalue weighted by Gasteiger charge is 2.34. The second-order valence-electron chi connectivity index (χ2n) is 5.40. The van der Waals surface area contributed by atoms with Crippen LogP contribution in [0.3, 0.4) is 0 Å². The van der Waals surface area contributed by atoms with Crippen molar-refractivity contribution in [3.63, 3.8) is 0 Å². The van der Waals surface area contributed by atoms with Gasteiger partial charge in [0, 0.05) is 11.8 Å². The molecule has 2 heterocycles. The third kappa shape index (κ3) is 3.10. The van der Waals surface area contributed by atoms with Crippen molar-refractivity contribution in [1.82, 2.24) is 19.6 Å². The number of rotatable bonds is 3. The maximum Gasteiger partial charge on any atom is 0.433 e. The second-order valence-corrected chi connectivity index (χ2v) is 5.40. The van der Waals surface area contributed by atoms with Crippen molar-refractivity contribution in [3.05, 3.63) is 47.9 Å². The van der Waals surface area contributed by atoms with E-state index in [0.717, 1.165) is 18.0 Å². The summed E-state index contributed by atoms with van der Waals surface area (Å²) < 4.78 is 40.0. The molecule has 3 rings (SSSR count). The van der Waals surface area contributed by atoms with Crippen molar-refractivity contribution in [3.8, 4) is 0 Å². The molecule has 0 radical (unpaired) electrons. The molecule has 0 aliphatic carbocycles. The number of alkyl halides is 3. The zero-order valence-electron chi connectivity index (χ0n) is 12.5. The monoisotopic (exact) mass is 321 g/mol. The lowest BCUT2D eigenvalue weighted by Gasteiger charge is -2.12. The lowest BCUT2D eigenvalue weighted by Crippen LogP contribution is -2.12. The summed E-state index contributed by atoms with van der Waals surface area (Å²) in [5.74, 6) is 0.419. The molecule has 0 aliphatic heterocycles. The van der Waals surface area contributed by atoms with E-state index in [1.807, 2.05) is 24.3 Å². The number of fused-ring (bicyclic) bond motifs is 1. The molecule has 0 amide bonds. The molecule has 120 valence electrons. The first-order chi connectivity index (χ1) is 10.8. The standard InChI is InChI=1S/C15H14F3N5/c1-9(2)10-3-5-11(6-4-10)21-13-7-12(15(16,17)18)22-14-19-8-20-23(13)14/h3-9,21H,1-2H3. The number of anilines is 2. The van der Waals surface area contributed by atoms with Gasteiger partial charge in [-0.25, -0.2) is 4.98 Å². The van der Waals surface area contributed by atoms with E-state index in [1.165, 1.54) is 4.52 Å². The molecule has 0 saturated carbocycles. The maximum atomic E-state index is 12.9. The molecular formula is C15H14F3N5. The van der Waals surface area contributed by atoms with Crippen LogP contribution in [0.15, 0.2) is 36.7 Å². The zero-order valence-corrected chi connectivity index (χ0v) is 12.5. The van der Waals surface area contributed by atoms with Gasteiger partial charge in [-0.2, -0.15) is 27.8 Å². The first-order valence-corrected chi connectivity index (χ1v) is 6.99. The normalized spacial score (nSPS) is 12.1. The van der Waals surface area contributed by atoms with E-state index in [-0.39, 0.29) is 11.6 Å². The predicted molar refractivity (Wildman–Crippen MR) is 79.6 cm³/mol. The van der Waals surface area contributed by atoms with Crippen molar-refractivity contribution in [2.45, 2.75) is 25.9 Å². The van der Waals surface area contributed by atoms with Crippen LogP contribution in [0.4, 0.5) is 24.7 Å². The Labute approximate surface area is 130 Å². The Morgan fingerprint density at radius 1 is 1.13 bits per heavy atom. The van der Waals surface area contributed by atoms with E-state index in [0.29, 0.717) is 11.6 Å². The molecule has 5 nitrogen and oxygen atoms in total. The van der Waals surface area contributed by atoms with Crippen LogP contribution in [0.2, 0.25) is 0 Å². The number of halogens is 3. The smallest absolute Gasteiger partial charge is 0.340 e. The third-order valence-electron chi connectivity index (χ3n) is 3.39. The molecule has 0 aliphatic rings. The zero-order chi connectivity index (χ0) is 16.6. The van der Waals surface area contributed by atoms with E-state index in [2.05, 4.69) is 34.2 Å². The molecule has 0 fully saturated rings. The van der Waals surface area contributed by atoms with Gasteiger partial charge in [0.2, 0.25) is 0 Å². The number of nitrogens with one attached hydrogen (secondary N) is 1. The van der Waals surface area contributed by atoms with Gasteiger partial charge >= 0.3 is 6.18 Å². The minimum atomic E-state index is -4.55. The fraction of sp³-hybridized carbons (Fsp3) is 0.267. The Kier molecular flexibility index (Phi) is 3.67. The first-order valence-electron chi connectivity index (χ1n) is 6.99. The van der Waals surface area contributed by atoms with Gasteiger partial charge in [0.1, 0.15) is 12.1 Å². The van der Waals surface area contributed by atoms with Crippen LogP contribution < -0.4 is 5.32 Å². The van der Waals surface area contributed by atoms with Gasteiger partial charge < -0.3 is 5.32 Å². The average molecular weight is 321 g/mol. The lowest BCUT2D eigenvalue weighted by atomic mass is 10.0. The Balaban J connectivity index is 2.00. The molecule has 2 aromatic heterocycles. The van der Waals surface area contributed by atoms with Gasteiger partial charge in [0.25, 0.3) is 5.78 Å². The molecule has 0 atom stereocenters. The number of hydrogen-bond donors (Lipinski definition) is 1. The fourth-order valence-electron chi connectivity index (χ4n) is 2.15. The molecule has 3 aromatic rings. The predicted octanol–water partition coefficient (Wildman–Crippen LogP) is 4.01. The number of benzene rings is 1. The molecule has 0 saturated heterocycles. The largest absolute Gasteiger partial charge is 0.433 e. The van der Waals surface area contributed by atoms with Crippen molar-refractivity contribution < 1.29 is 13.2 Å². The van der Waals surface area contributed by atoms with Crippen LogP contribution >= 0.6 is 0 Å². The Morgan fingerprint density at radius 2 is 1.83 bits per heavy atom. The van der Waals surface area contributed by atoms with Crippen molar-refractivity contribution in [2.24, 2.45) is 0 Å². The van der Waals surface area contributed by atoms with Gasteiger partial charge in [-0.1, -0.05) is 26.0 Å². The molecule has 1 N–H and O–H groups in total. The summed E-state index contributed by atoms with van der Waals surface area (Å²) >= 11 is 0. The quantitative estimate of drug-likeness (QED) is 0.792. The lowest BCUT2D eigenvalue weighted by molar-refractivity contribution is -0.141. The van der Waals surface area contributed by atoms with Crippen molar-refractivity contribution in [2.75, 3.05) is 5.32 Å². The van der Waals surface area contributed by atoms with Crippen molar-refractivity contribution >= 4 is 17.3 Å². The second kappa shape index (κ2) is 5.53. The van der Waals surface area contributed by atoms with Crippen LogP contribution in [0.1, 0.15) is 31.0 Å². The summed E-state index contributed by atoms with van der Waals surface area (Å²) in [5, 5.41) is 6.83. The Hall–Kier alpha value is -2.64. The minimum absolute atomic E-state index is 0.110. The number of nitrogens with zero attached hydrogens (tertiary/aromatic N) is 4. The highest BCUT2D eigenvalue weighted by Crippen LogP contribution is 2.30. The van der Waals surface area contributed by atoms with E-state index >= 15 is 0 Å². The van der Waals surface area contributed by atoms with Gasteiger partial charge in [0.15, 0.2) is 5.69 Å². The molecular weight excluding hydrogens is 307 g/mol. The highest BCUT2D eigenvalue weighted by molar-refractivity contribution is 5.59. The summed E-state index contributed by atoms with van der Waals surface area (Å²) in [6.45, 7) is 4.14. The minimum Gasteiger partial charge on any atom is -0.340 e. The average Bonchev–Trinajstić information content (AvgIpc) is 2.95. The Morgan fingerprint density at radius 3 is 2.43 bits per heavy atom. The van der Waals surface area contributed by atoms with Crippen LogP contribution in [-0.2, 0) is 6.18 Å². The topological polar surface area (TPSA) is 55.1 Å². The van der Waals surface area contributed by atoms with Crippen LogP contribution in [0.25, 0.3) is 5.78 Å². The van der Waals surface area contributed by atoms with Crippen LogP contribution in [0, 0.1) is 0 Å². The van der Waals surface area contributed by atoms with E-state index in [4.69, 9.17) is 0 Å². The number of hydrogen-bond acceptors (Lipinski definition) is 4. The van der Waals surface area contributed by atoms with Gasteiger partial charge in [-0.3, -0.25) is 0 Å². The third-order valence-corrected chi connectivity index (χ3v) is 3.39. The van der Waals surface area contributed by atoms with Crippen molar-refractivity contribution in [1.29, 1.82) is 0 Å². The maximum absolute atomic E-state index is 12.9. The van der Waals surface area contributed by atoms with Gasteiger partial charge in [-0.05, 0) is 23.6 Å². The van der Waals surface area contributed by atoms with E-state index in [9.17, 15) is 13.2 Å². The summed E-state index contributed by atoms with van der Waals surface area (Å²) in [6, 6.07) is 8.39. The summed E-state index contributed by atoms with van der Waals surface area (Å²) in [6.07, 6.45) is -3.39. The van der Waals surface area contributed by atoms with Crippen LogP contribution in [0.5, 0.6) is 0 Å². The molecule has 1 aromatic carbocycles. The summed E-state index contributed by atoms with van der Waals surface area (Å²) in [7, 11) is 0. The summed E-state index contributed by atoms with van der Waals surface area (Å²) in [4.78, 5) is 7.20. The molecule has 0 bridgehead atoms. The number of aromatic nitrogens is 4. The van der Waals surface area contributed by atoms with Gasteiger partial charge in [0.05, 0.1) is 0 Å². The van der Waals surface area contributed by atoms with E-state index < -0.39 is 11.9 Å². The summed E-state index contributed by atoms with van der Waals surface area (Å²) in [5.41, 5.74) is 0.789. The highest BCUT2D eigenvalue weighted by atomic mass is 19.4.